The fourth-order valence-corrected chi connectivity index (χ4v) is 5.85. The Hall–Kier alpha value is -1.97. The third kappa shape index (κ3) is 4.04. The van der Waals surface area contributed by atoms with Gasteiger partial charge in [0, 0.05) is 0 Å². The van der Waals surface area contributed by atoms with E-state index >= 15 is 4.39 Å². The number of fused-ring (bicyclic) bond motifs is 2. The first-order chi connectivity index (χ1) is 14.0. The van der Waals surface area contributed by atoms with Gasteiger partial charge in [-0.1, -0.05) is 44.7 Å². The van der Waals surface area contributed by atoms with Gasteiger partial charge >= 0.3 is 5.97 Å². The molecule has 29 heavy (non-hydrogen) atoms. The van der Waals surface area contributed by atoms with Gasteiger partial charge in [-0.15, -0.1) is 0 Å². The number of carboxylic acid groups (broad SMARTS) is 1. The number of hydrogen-bond acceptors (Lipinski definition) is 1. The summed E-state index contributed by atoms with van der Waals surface area (Å²) in [5.74, 6) is -0.0835. The second-order valence-electron chi connectivity index (χ2n) is 9.18. The van der Waals surface area contributed by atoms with Gasteiger partial charge in [-0.25, -0.2) is 13.6 Å². The van der Waals surface area contributed by atoms with Crippen molar-refractivity contribution < 1.29 is 18.7 Å². The topological polar surface area (TPSA) is 37.3 Å². The number of hydrogen-bond donors (Lipinski definition) is 1. The van der Waals surface area contributed by atoms with E-state index in [0.29, 0.717) is 16.9 Å². The van der Waals surface area contributed by atoms with Gasteiger partial charge in [0.15, 0.2) is 0 Å². The molecule has 4 atom stereocenters. The monoisotopic (exact) mass is 400 g/mol. The van der Waals surface area contributed by atoms with Crippen LogP contribution >= 0.6 is 0 Å². The molecule has 0 amide bonds. The molecule has 2 fully saturated rings. The van der Waals surface area contributed by atoms with Gasteiger partial charge < -0.3 is 5.11 Å². The highest BCUT2D eigenvalue weighted by molar-refractivity contribution is 5.95. The lowest BCUT2D eigenvalue weighted by molar-refractivity contribution is 0.0696. The van der Waals surface area contributed by atoms with Gasteiger partial charge in [0.25, 0.3) is 0 Å². The van der Waals surface area contributed by atoms with E-state index < -0.39 is 17.6 Å². The van der Waals surface area contributed by atoms with Crippen LogP contribution in [0.25, 0.3) is 10.8 Å². The van der Waals surface area contributed by atoms with E-state index in [1.165, 1.54) is 44.6 Å². The third-order valence-corrected chi connectivity index (χ3v) is 7.41. The normalized spacial score (nSPS) is 27.0. The van der Waals surface area contributed by atoms with Crippen LogP contribution < -0.4 is 0 Å². The maximum Gasteiger partial charge on any atom is 0.335 e. The molecule has 0 aromatic heterocycles. The summed E-state index contributed by atoms with van der Waals surface area (Å²) in [5, 5.41) is 9.35. The Morgan fingerprint density at radius 2 is 1.83 bits per heavy atom. The largest absolute Gasteiger partial charge is 0.478 e. The average Bonchev–Trinajstić information content (AvgIpc) is 2.71. The summed E-state index contributed by atoms with van der Waals surface area (Å²) in [5.41, 5.74) is 0.452. The highest BCUT2D eigenvalue weighted by Gasteiger charge is 2.36. The predicted molar refractivity (Wildman–Crippen MR) is 111 cm³/mol. The molecule has 1 N–H and O–H groups in total. The zero-order chi connectivity index (χ0) is 20.5. The van der Waals surface area contributed by atoms with Crippen LogP contribution in [-0.2, 0) is 0 Å². The van der Waals surface area contributed by atoms with Gasteiger partial charge in [-0.05, 0) is 78.9 Å². The van der Waals surface area contributed by atoms with Gasteiger partial charge in [0.1, 0.15) is 11.6 Å². The zero-order valence-corrected chi connectivity index (χ0v) is 17.1. The van der Waals surface area contributed by atoms with Crippen molar-refractivity contribution >= 4 is 16.7 Å². The standard InChI is InChI=1S/C25H30F2O2/c1-2-3-4-15-5-6-17-12-18(8-7-16(17)11-15)21-10-9-19-13-20(25(28)29)14-22(26)23(19)24(21)27/h9-10,13-18H,2-8,11-12H2,1H3,(H,28,29). The van der Waals surface area contributed by atoms with Crippen LogP contribution in [-0.4, -0.2) is 11.1 Å². The molecule has 0 spiro atoms. The second kappa shape index (κ2) is 8.41. The number of aromatic carboxylic acids is 1. The van der Waals surface area contributed by atoms with Gasteiger partial charge in [0.2, 0.25) is 0 Å². The van der Waals surface area contributed by atoms with E-state index in [1.807, 2.05) is 0 Å². The van der Waals surface area contributed by atoms with Crippen LogP contribution in [0.15, 0.2) is 24.3 Å². The summed E-state index contributed by atoms with van der Waals surface area (Å²) >= 11 is 0. The predicted octanol–water partition coefficient (Wildman–Crippen LogP) is 7.31. The van der Waals surface area contributed by atoms with Crippen LogP contribution in [0.4, 0.5) is 8.78 Å². The molecule has 0 bridgehead atoms. The van der Waals surface area contributed by atoms with Crippen LogP contribution in [0, 0.1) is 29.4 Å². The fourth-order valence-electron chi connectivity index (χ4n) is 5.85. The van der Waals surface area contributed by atoms with Crippen LogP contribution in [0.5, 0.6) is 0 Å². The van der Waals surface area contributed by atoms with Crippen LogP contribution in [0.1, 0.15) is 86.6 Å². The molecule has 2 aromatic carbocycles. The average molecular weight is 401 g/mol. The molecule has 4 rings (SSSR count). The molecule has 2 aliphatic rings. The van der Waals surface area contributed by atoms with Crippen LogP contribution in [0.2, 0.25) is 0 Å². The highest BCUT2D eigenvalue weighted by Crippen LogP contribution is 2.49. The smallest absolute Gasteiger partial charge is 0.335 e. The first-order valence-electron chi connectivity index (χ1n) is 11.1. The highest BCUT2D eigenvalue weighted by atomic mass is 19.1. The molecule has 4 unspecified atom stereocenters. The molecule has 156 valence electrons. The molecule has 4 heteroatoms. The van der Waals surface area contributed by atoms with Crippen molar-refractivity contribution in [2.24, 2.45) is 17.8 Å². The molecule has 0 aliphatic heterocycles. The molecule has 2 saturated carbocycles. The number of rotatable bonds is 5. The quantitative estimate of drug-likeness (QED) is 0.571. The minimum atomic E-state index is -1.21. The Morgan fingerprint density at radius 3 is 2.59 bits per heavy atom. The van der Waals surface area contributed by atoms with Crippen molar-refractivity contribution in [3.63, 3.8) is 0 Å². The van der Waals surface area contributed by atoms with E-state index in [2.05, 4.69) is 6.92 Å². The SMILES string of the molecule is CCCCC1CCC2CC(c3ccc4cc(C(=O)O)cc(F)c4c3F)CCC2C1. The number of carbonyl (C=O) groups is 1. The summed E-state index contributed by atoms with van der Waals surface area (Å²) in [6.07, 6.45) is 10.9. The Labute approximate surface area is 171 Å². The first kappa shape index (κ1) is 20.3. The van der Waals surface area contributed by atoms with Gasteiger partial charge in [-0.2, -0.15) is 0 Å². The Morgan fingerprint density at radius 1 is 1.07 bits per heavy atom. The summed E-state index contributed by atoms with van der Waals surface area (Å²) < 4.78 is 29.8. The van der Waals surface area contributed by atoms with Crippen molar-refractivity contribution in [1.29, 1.82) is 0 Å². The molecule has 2 nitrogen and oxygen atoms in total. The maximum absolute atomic E-state index is 15.3. The number of halogens is 2. The zero-order valence-electron chi connectivity index (χ0n) is 17.1. The second-order valence-corrected chi connectivity index (χ2v) is 9.18. The molecular weight excluding hydrogens is 370 g/mol. The minimum absolute atomic E-state index is 0.0714. The van der Waals surface area contributed by atoms with Crippen molar-refractivity contribution in [3.05, 3.63) is 47.0 Å². The van der Waals surface area contributed by atoms with Crippen molar-refractivity contribution in [1.82, 2.24) is 0 Å². The Bertz CT molecular complexity index is 907. The lowest BCUT2D eigenvalue weighted by Crippen LogP contribution is -2.30. The Balaban J connectivity index is 1.54. The van der Waals surface area contributed by atoms with Crippen LogP contribution in [0.3, 0.4) is 0 Å². The molecule has 0 heterocycles. The van der Waals surface area contributed by atoms with E-state index in [4.69, 9.17) is 5.11 Å². The number of carboxylic acids is 1. The fraction of sp³-hybridized carbons (Fsp3) is 0.560. The molecular formula is C25H30F2O2. The van der Waals surface area contributed by atoms with Crippen molar-refractivity contribution in [2.75, 3.05) is 0 Å². The summed E-state index contributed by atoms with van der Waals surface area (Å²) in [7, 11) is 0. The van der Waals surface area contributed by atoms with Gasteiger partial charge in [0.05, 0.1) is 10.9 Å². The van der Waals surface area contributed by atoms with E-state index in [1.54, 1.807) is 12.1 Å². The van der Waals surface area contributed by atoms with Crippen molar-refractivity contribution in [2.45, 2.75) is 70.6 Å². The molecule has 2 aliphatic carbocycles. The third-order valence-electron chi connectivity index (χ3n) is 7.41. The van der Waals surface area contributed by atoms with E-state index in [9.17, 15) is 9.18 Å². The molecule has 0 radical (unpaired) electrons. The summed E-state index contributed by atoms with van der Waals surface area (Å²) in [6.45, 7) is 2.25. The first-order valence-corrected chi connectivity index (χ1v) is 11.1. The summed E-state index contributed by atoms with van der Waals surface area (Å²) in [4.78, 5) is 11.2. The lowest BCUT2D eigenvalue weighted by atomic mass is 9.63. The maximum atomic E-state index is 15.3. The van der Waals surface area contributed by atoms with E-state index in [0.717, 1.165) is 37.2 Å². The molecule has 0 saturated heterocycles. The van der Waals surface area contributed by atoms with E-state index in [-0.39, 0.29) is 16.9 Å². The minimum Gasteiger partial charge on any atom is -0.478 e. The Kier molecular flexibility index (Phi) is 5.89. The number of unbranched alkanes of at least 4 members (excludes halogenated alkanes) is 1. The summed E-state index contributed by atoms with van der Waals surface area (Å²) in [6, 6.07) is 5.70. The number of benzene rings is 2. The van der Waals surface area contributed by atoms with Gasteiger partial charge in [-0.3, -0.25) is 0 Å². The molecule has 2 aromatic rings. The lowest BCUT2D eigenvalue weighted by Gasteiger charge is -2.42. The van der Waals surface area contributed by atoms with Crippen molar-refractivity contribution in [3.8, 4) is 0 Å².